The lowest BCUT2D eigenvalue weighted by Crippen LogP contribution is -2.33. The molecule has 2 heterocycles. The Bertz CT molecular complexity index is 926. The fraction of sp³-hybridized carbons (Fsp3) is 0.263. The van der Waals surface area contributed by atoms with E-state index >= 15 is 0 Å². The lowest BCUT2D eigenvalue weighted by Gasteiger charge is -2.18. The van der Waals surface area contributed by atoms with Gasteiger partial charge in [-0.15, -0.1) is 0 Å². The predicted molar refractivity (Wildman–Crippen MR) is 99.6 cm³/mol. The number of fused-ring (bicyclic) bond motifs is 2. The summed E-state index contributed by atoms with van der Waals surface area (Å²) in [6, 6.07) is 9.81. The highest BCUT2D eigenvalue weighted by molar-refractivity contribution is 6.01. The fourth-order valence-corrected chi connectivity index (χ4v) is 2.71. The first-order valence-electron chi connectivity index (χ1n) is 8.47. The van der Waals surface area contributed by atoms with Crippen LogP contribution in [0.1, 0.15) is 13.8 Å². The molecule has 2 aromatic carbocycles. The van der Waals surface area contributed by atoms with Crippen LogP contribution in [0.25, 0.3) is 0 Å². The van der Waals surface area contributed by atoms with Crippen molar-refractivity contribution in [3.63, 3.8) is 0 Å². The Morgan fingerprint density at radius 2 is 1.63 bits per heavy atom. The van der Waals surface area contributed by atoms with Gasteiger partial charge >= 0.3 is 6.03 Å². The molecule has 140 valence electrons. The topological polar surface area (TPSA) is 97.9 Å². The highest BCUT2D eigenvalue weighted by Gasteiger charge is 2.32. The second-order valence-corrected chi connectivity index (χ2v) is 6.98. The number of ether oxygens (including phenoxy) is 3. The minimum atomic E-state index is -0.636. The number of carbonyl (C=O) groups excluding carboxylic acids is 2. The SMILES string of the molecule is CC1(C)COc2ccc(NC(=O)Nc3ccc4c(c3)OCO4)cc2NC1=O. The summed E-state index contributed by atoms with van der Waals surface area (Å²) in [4.78, 5) is 24.5. The molecule has 2 aliphatic heterocycles. The molecule has 0 atom stereocenters. The van der Waals surface area contributed by atoms with E-state index < -0.39 is 11.4 Å². The van der Waals surface area contributed by atoms with Gasteiger partial charge in [0, 0.05) is 17.4 Å². The molecule has 0 fully saturated rings. The zero-order chi connectivity index (χ0) is 19.0. The molecular weight excluding hydrogens is 350 g/mol. The smallest absolute Gasteiger partial charge is 0.323 e. The van der Waals surface area contributed by atoms with E-state index in [0.29, 0.717) is 34.3 Å². The van der Waals surface area contributed by atoms with Crippen LogP contribution in [0.3, 0.4) is 0 Å². The second-order valence-electron chi connectivity index (χ2n) is 6.98. The van der Waals surface area contributed by atoms with Gasteiger partial charge in [0.05, 0.1) is 11.1 Å². The highest BCUT2D eigenvalue weighted by atomic mass is 16.7. The van der Waals surface area contributed by atoms with Crippen LogP contribution in [-0.4, -0.2) is 25.3 Å². The maximum Gasteiger partial charge on any atom is 0.323 e. The largest absolute Gasteiger partial charge is 0.490 e. The number of hydrogen-bond donors (Lipinski definition) is 3. The summed E-state index contributed by atoms with van der Waals surface area (Å²) in [6.45, 7) is 4.08. The molecule has 0 saturated carbocycles. The minimum Gasteiger partial charge on any atom is -0.490 e. The normalized spacial score (nSPS) is 16.4. The van der Waals surface area contributed by atoms with Crippen molar-refractivity contribution in [3.8, 4) is 17.2 Å². The first-order valence-corrected chi connectivity index (χ1v) is 8.47. The van der Waals surface area contributed by atoms with Gasteiger partial charge in [0.25, 0.3) is 0 Å². The van der Waals surface area contributed by atoms with Gasteiger partial charge in [-0.2, -0.15) is 0 Å². The van der Waals surface area contributed by atoms with E-state index in [2.05, 4.69) is 16.0 Å². The molecule has 0 unspecified atom stereocenters. The van der Waals surface area contributed by atoms with Crippen LogP contribution in [0.5, 0.6) is 17.2 Å². The fourth-order valence-electron chi connectivity index (χ4n) is 2.71. The number of benzene rings is 2. The first-order chi connectivity index (χ1) is 12.9. The Balaban J connectivity index is 1.46. The molecule has 8 heteroatoms. The molecule has 0 saturated heterocycles. The predicted octanol–water partition coefficient (Wildman–Crippen LogP) is 3.42. The van der Waals surface area contributed by atoms with Crippen LogP contribution in [0.15, 0.2) is 36.4 Å². The Morgan fingerprint density at radius 3 is 2.41 bits per heavy atom. The molecule has 3 amide bonds. The number of carbonyl (C=O) groups is 2. The van der Waals surface area contributed by atoms with Gasteiger partial charge in [-0.25, -0.2) is 4.79 Å². The third-order valence-electron chi connectivity index (χ3n) is 4.32. The number of hydrogen-bond acceptors (Lipinski definition) is 5. The van der Waals surface area contributed by atoms with E-state index in [9.17, 15) is 9.59 Å². The maximum absolute atomic E-state index is 12.3. The Kier molecular flexibility index (Phi) is 4.02. The molecular formula is C19H19N3O5. The number of rotatable bonds is 2. The Hall–Kier alpha value is -3.42. The molecule has 0 aliphatic carbocycles. The van der Waals surface area contributed by atoms with Crippen molar-refractivity contribution in [2.24, 2.45) is 5.41 Å². The summed E-state index contributed by atoms with van der Waals surface area (Å²) >= 11 is 0. The minimum absolute atomic E-state index is 0.136. The molecule has 0 bridgehead atoms. The number of nitrogens with one attached hydrogen (secondary N) is 3. The maximum atomic E-state index is 12.3. The van der Waals surface area contributed by atoms with Crippen LogP contribution < -0.4 is 30.2 Å². The van der Waals surface area contributed by atoms with E-state index in [1.165, 1.54) is 0 Å². The summed E-state index contributed by atoms with van der Waals surface area (Å²) in [5.74, 6) is 1.66. The van der Waals surface area contributed by atoms with Crippen molar-refractivity contribution in [2.75, 3.05) is 29.4 Å². The van der Waals surface area contributed by atoms with E-state index in [0.717, 1.165) is 0 Å². The van der Waals surface area contributed by atoms with Crippen LogP contribution in [0, 0.1) is 5.41 Å². The zero-order valence-corrected chi connectivity index (χ0v) is 14.9. The van der Waals surface area contributed by atoms with E-state index in [4.69, 9.17) is 14.2 Å². The first kappa shape index (κ1) is 17.0. The van der Waals surface area contributed by atoms with Gasteiger partial charge in [0.1, 0.15) is 12.4 Å². The second kappa shape index (κ2) is 6.39. The monoisotopic (exact) mass is 369 g/mol. The molecule has 2 aliphatic rings. The molecule has 0 aromatic heterocycles. The van der Waals surface area contributed by atoms with Gasteiger partial charge in [0.15, 0.2) is 11.5 Å². The van der Waals surface area contributed by atoms with E-state index in [1.807, 2.05) is 13.8 Å². The van der Waals surface area contributed by atoms with Gasteiger partial charge < -0.3 is 30.2 Å². The number of amides is 3. The Labute approximate surface area is 155 Å². The molecule has 2 aromatic rings. The molecule has 0 radical (unpaired) electrons. The van der Waals surface area contributed by atoms with Crippen LogP contribution in [0.2, 0.25) is 0 Å². The van der Waals surface area contributed by atoms with Crippen molar-refractivity contribution >= 4 is 29.0 Å². The molecule has 8 nitrogen and oxygen atoms in total. The number of urea groups is 1. The number of anilines is 3. The van der Waals surface area contributed by atoms with Gasteiger partial charge in [0.2, 0.25) is 12.7 Å². The van der Waals surface area contributed by atoms with Gasteiger partial charge in [-0.3, -0.25) is 4.79 Å². The third-order valence-corrected chi connectivity index (χ3v) is 4.32. The van der Waals surface area contributed by atoms with Gasteiger partial charge in [-0.05, 0) is 44.2 Å². The Morgan fingerprint density at radius 1 is 0.963 bits per heavy atom. The lowest BCUT2D eigenvalue weighted by molar-refractivity contribution is -0.124. The quantitative estimate of drug-likeness (QED) is 0.754. The summed E-state index contributed by atoms with van der Waals surface area (Å²) in [5.41, 5.74) is 0.982. The van der Waals surface area contributed by atoms with Crippen molar-refractivity contribution in [2.45, 2.75) is 13.8 Å². The summed E-state index contributed by atoms with van der Waals surface area (Å²) in [7, 11) is 0. The van der Waals surface area contributed by atoms with Gasteiger partial charge in [-0.1, -0.05) is 0 Å². The summed E-state index contributed by atoms with van der Waals surface area (Å²) < 4.78 is 16.2. The van der Waals surface area contributed by atoms with Crippen LogP contribution in [0.4, 0.5) is 21.9 Å². The van der Waals surface area contributed by atoms with E-state index in [-0.39, 0.29) is 19.3 Å². The van der Waals surface area contributed by atoms with Crippen molar-refractivity contribution in [1.82, 2.24) is 0 Å². The molecule has 27 heavy (non-hydrogen) atoms. The molecule has 3 N–H and O–H groups in total. The summed E-state index contributed by atoms with van der Waals surface area (Å²) in [6.07, 6.45) is 0. The average Bonchev–Trinajstić information content (AvgIpc) is 3.04. The zero-order valence-electron chi connectivity index (χ0n) is 14.9. The van der Waals surface area contributed by atoms with Crippen molar-refractivity contribution in [1.29, 1.82) is 0 Å². The average molecular weight is 369 g/mol. The lowest BCUT2D eigenvalue weighted by atomic mass is 9.94. The van der Waals surface area contributed by atoms with E-state index in [1.54, 1.807) is 36.4 Å². The highest BCUT2D eigenvalue weighted by Crippen LogP contribution is 2.35. The van der Waals surface area contributed by atoms with Crippen LogP contribution in [-0.2, 0) is 4.79 Å². The summed E-state index contributed by atoms with van der Waals surface area (Å²) in [5, 5.41) is 8.30. The van der Waals surface area contributed by atoms with Crippen LogP contribution >= 0.6 is 0 Å². The van der Waals surface area contributed by atoms with Crippen molar-refractivity contribution < 1.29 is 23.8 Å². The standard InChI is InChI=1S/C19H19N3O5/c1-19(2)9-25-14-5-3-11(7-13(14)22-17(19)23)20-18(24)21-12-4-6-15-16(8-12)27-10-26-15/h3-8H,9-10H2,1-2H3,(H,22,23)(H2,20,21,24). The van der Waals surface area contributed by atoms with Crippen molar-refractivity contribution in [3.05, 3.63) is 36.4 Å². The third kappa shape index (κ3) is 3.46. The molecule has 0 spiro atoms. The molecule has 4 rings (SSSR count).